The molecule has 0 radical (unpaired) electrons. The van der Waals surface area contributed by atoms with Crippen molar-refractivity contribution in [1.82, 2.24) is 14.4 Å². The Kier molecular flexibility index (Phi) is 4.60. The number of halogens is 2. The molecule has 0 fully saturated rings. The van der Waals surface area contributed by atoms with Crippen LogP contribution in [0.3, 0.4) is 0 Å². The Hall–Kier alpha value is -3.03. The van der Waals surface area contributed by atoms with E-state index in [0.717, 1.165) is 5.69 Å². The van der Waals surface area contributed by atoms with Gasteiger partial charge in [0.05, 0.1) is 12.3 Å². The standard InChI is InChI=1S/C17H16F2N4O2/c1-3-25-14-7-15-20-10(2)8-23(15)9-13(14)22-17(24)12-6-4-5-11(21-12)16(18)19/h4-9,16H,3H2,1-2H3,(H,22,24). The molecule has 0 atom stereocenters. The number of hydrogen-bond acceptors (Lipinski definition) is 4. The van der Waals surface area contributed by atoms with Crippen LogP contribution in [0.15, 0.2) is 36.7 Å². The number of ether oxygens (including phenoxy) is 1. The first kappa shape index (κ1) is 16.8. The summed E-state index contributed by atoms with van der Waals surface area (Å²) in [4.78, 5) is 20.4. The SMILES string of the molecule is CCOc1cc2nc(C)cn2cc1NC(=O)c1cccc(C(F)F)n1. The molecule has 1 amide bonds. The molecule has 0 aliphatic carbocycles. The van der Waals surface area contributed by atoms with Crippen LogP contribution in [0.2, 0.25) is 0 Å². The molecule has 0 spiro atoms. The van der Waals surface area contributed by atoms with E-state index in [4.69, 9.17) is 4.74 Å². The first-order valence-corrected chi connectivity index (χ1v) is 7.66. The fourth-order valence-corrected chi connectivity index (χ4v) is 2.40. The molecule has 3 rings (SSSR count). The first-order valence-electron chi connectivity index (χ1n) is 7.66. The molecule has 3 aromatic rings. The number of aromatic nitrogens is 3. The molecule has 130 valence electrons. The van der Waals surface area contributed by atoms with Gasteiger partial charge in [-0.3, -0.25) is 4.79 Å². The van der Waals surface area contributed by atoms with Crippen molar-refractivity contribution in [3.05, 3.63) is 53.7 Å². The molecule has 0 aliphatic rings. The zero-order valence-corrected chi connectivity index (χ0v) is 13.7. The molecule has 3 aromatic heterocycles. The summed E-state index contributed by atoms with van der Waals surface area (Å²) in [5.74, 6) is -0.154. The van der Waals surface area contributed by atoms with E-state index < -0.39 is 18.0 Å². The number of carbonyl (C=O) groups excluding carboxylic acids is 1. The van der Waals surface area contributed by atoms with E-state index in [1.807, 2.05) is 13.8 Å². The summed E-state index contributed by atoms with van der Waals surface area (Å²) < 4.78 is 32.8. The fraction of sp³-hybridized carbons (Fsp3) is 0.235. The van der Waals surface area contributed by atoms with Gasteiger partial charge < -0.3 is 14.5 Å². The number of amides is 1. The van der Waals surface area contributed by atoms with Gasteiger partial charge in [-0.15, -0.1) is 0 Å². The van der Waals surface area contributed by atoms with Gasteiger partial charge in [-0.25, -0.2) is 18.7 Å². The normalized spacial score (nSPS) is 11.1. The molecule has 0 saturated heterocycles. The van der Waals surface area contributed by atoms with E-state index in [2.05, 4.69) is 15.3 Å². The number of fused-ring (bicyclic) bond motifs is 1. The number of pyridine rings is 2. The molecule has 25 heavy (non-hydrogen) atoms. The quantitative estimate of drug-likeness (QED) is 0.766. The number of nitrogens with zero attached hydrogens (tertiary/aromatic N) is 3. The van der Waals surface area contributed by atoms with E-state index in [-0.39, 0.29) is 5.69 Å². The zero-order chi connectivity index (χ0) is 18.0. The van der Waals surface area contributed by atoms with Gasteiger partial charge in [0.2, 0.25) is 0 Å². The average molecular weight is 346 g/mol. The number of hydrogen-bond donors (Lipinski definition) is 1. The number of anilines is 1. The second kappa shape index (κ2) is 6.84. The van der Waals surface area contributed by atoms with Crippen molar-refractivity contribution in [2.24, 2.45) is 0 Å². The minimum absolute atomic E-state index is 0.0952. The third-order valence-corrected chi connectivity index (χ3v) is 3.45. The van der Waals surface area contributed by atoms with Crippen LogP contribution in [0.4, 0.5) is 14.5 Å². The van der Waals surface area contributed by atoms with Crippen LogP contribution in [0.25, 0.3) is 5.65 Å². The van der Waals surface area contributed by atoms with Crippen LogP contribution in [-0.4, -0.2) is 26.9 Å². The van der Waals surface area contributed by atoms with Crippen LogP contribution in [0, 0.1) is 6.92 Å². The highest BCUT2D eigenvalue weighted by Crippen LogP contribution is 2.27. The predicted octanol–water partition coefficient (Wildman–Crippen LogP) is 3.63. The minimum Gasteiger partial charge on any atom is -0.491 e. The van der Waals surface area contributed by atoms with Gasteiger partial charge in [0.1, 0.15) is 28.5 Å². The van der Waals surface area contributed by atoms with Gasteiger partial charge in [0.15, 0.2) is 0 Å². The lowest BCUT2D eigenvalue weighted by Gasteiger charge is -2.12. The van der Waals surface area contributed by atoms with Crippen LogP contribution in [0.5, 0.6) is 5.75 Å². The number of rotatable bonds is 5. The van der Waals surface area contributed by atoms with E-state index in [1.165, 1.54) is 18.2 Å². The maximum absolute atomic E-state index is 12.8. The first-order chi connectivity index (χ1) is 12.0. The highest BCUT2D eigenvalue weighted by molar-refractivity contribution is 6.03. The van der Waals surface area contributed by atoms with Gasteiger partial charge >= 0.3 is 0 Å². The molecule has 0 unspecified atom stereocenters. The van der Waals surface area contributed by atoms with Gasteiger partial charge in [-0.05, 0) is 26.0 Å². The monoisotopic (exact) mass is 346 g/mol. The summed E-state index contributed by atoms with van der Waals surface area (Å²) in [7, 11) is 0. The van der Waals surface area contributed by atoms with E-state index in [0.29, 0.717) is 23.7 Å². The number of alkyl halides is 2. The van der Waals surface area contributed by atoms with E-state index in [9.17, 15) is 13.6 Å². The van der Waals surface area contributed by atoms with Gasteiger partial charge in [0.25, 0.3) is 12.3 Å². The van der Waals surface area contributed by atoms with Crippen molar-refractivity contribution in [2.75, 3.05) is 11.9 Å². The Bertz CT molecular complexity index is 924. The smallest absolute Gasteiger partial charge is 0.280 e. The Morgan fingerprint density at radius 1 is 1.32 bits per heavy atom. The van der Waals surface area contributed by atoms with Gasteiger partial charge in [-0.1, -0.05) is 6.07 Å². The lowest BCUT2D eigenvalue weighted by Crippen LogP contribution is -2.16. The molecular formula is C17H16F2N4O2. The Morgan fingerprint density at radius 3 is 2.84 bits per heavy atom. The van der Waals surface area contributed by atoms with Crippen LogP contribution >= 0.6 is 0 Å². The highest BCUT2D eigenvalue weighted by atomic mass is 19.3. The Balaban J connectivity index is 1.94. The predicted molar refractivity (Wildman–Crippen MR) is 88.2 cm³/mol. The van der Waals surface area contributed by atoms with Crippen molar-refractivity contribution in [3.63, 3.8) is 0 Å². The molecule has 8 heteroatoms. The minimum atomic E-state index is -2.74. The van der Waals surface area contributed by atoms with Crippen LogP contribution in [0.1, 0.15) is 35.2 Å². The van der Waals surface area contributed by atoms with Gasteiger partial charge in [0, 0.05) is 18.5 Å². The summed E-state index contributed by atoms with van der Waals surface area (Å²) >= 11 is 0. The Labute approximate surface area is 142 Å². The van der Waals surface area contributed by atoms with Crippen LogP contribution in [-0.2, 0) is 0 Å². The maximum Gasteiger partial charge on any atom is 0.280 e. The highest BCUT2D eigenvalue weighted by Gasteiger charge is 2.16. The maximum atomic E-state index is 12.8. The van der Waals surface area contributed by atoms with Crippen molar-refractivity contribution >= 4 is 17.2 Å². The molecule has 0 aromatic carbocycles. The lowest BCUT2D eigenvalue weighted by molar-refractivity contribution is 0.101. The molecule has 0 saturated carbocycles. The number of imidazole rings is 1. The summed E-state index contributed by atoms with van der Waals surface area (Å²) in [5, 5.41) is 2.66. The van der Waals surface area contributed by atoms with E-state index >= 15 is 0 Å². The lowest BCUT2D eigenvalue weighted by atomic mass is 10.2. The second-order valence-corrected chi connectivity index (χ2v) is 5.33. The van der Waals surface area contributed by atoms with Crippen molar-refractivity contribution < 1.29 is 18.3 Å². The molecule has 0 aliphatic heterocycles. The topological polar surface area (TPSA) is 68.5 Å². The summed E-state index contributed by atoms with van der Waals surface area (Å²) in [5.41, 5.74) is 1.36. The second-order valence-electron chi connectivity index (χ2n) is 5.33. The zero-order valence-electron chi connectivity index (χ0n) is 13.7. The summed E-state index contributed by atoms with van der Waals surface area (Å²) in [6.07, 6.45) is 0.725. The molecule has 0 bridgehead atoms. The third-order valence-electron chi connectivity index (χ3n) is 3.45. The van der Waals surface area contributed by atoms with E-state index in [1.54, 1.807) is 22.9 Å². The molecule has 1 N–H and O–H groups in total. The Morgan fingerprint density at radius 2 is 2.12 bits per heavy atom. The van der Waals surface area contributed by atoms with Crippen LogP contribution < -0.4 is 10.1 Å². The molecular weight excluding hydrogens is 330 g/mol. The van der Waals surface area contributed by atoms with Crippen molar-refractivity contribution in [2.45, 2.75) is 20.3 Å². The summed E-state index contributed by atoms with van der Waals surface area (Å²) in [6.45, 7) is 4.07. The van der Waals surface area contributed by atoms with Crippen molar-refractivity contribution in [1.29, 1.82) is 0 Å². The molecule has 6 nitrogen and oxygen atoms in total. The number of aryl methyl sites for hydroxylation is 1. The van der Waals surface area contributed by atoms with Gasteiger partial charge in [-0.2, -0.15) is 0 Å². The third kappa shape index (κ3) is 3.57. The largest absolute Gasteiger partial charge is 0.491 e. The summed E-state index contributed by atoms with van der Waals surface area (Å²) in [6, 6.07) is 5.62. The number of carbonyl (C=O) groups is 1. The number of nitrogens with one attached hydrogen (secondary N) is 1. The molecule has 3 heterocycles. The van der Waals surface area contributed by atoms with Crippen molar-refractivity contribution in [3.8, 4) is 5.75 Å². The average Bonchev–Trinajstić information content (AvgIpc) is 2.94. The fourth-order valence-electron chi connectivity index (χ4n) is 2.40.